The van der Waals surface area contributed by atoms with Crippen LogP contribution >= 0.6 is 22.6 Å². The molecule has 0 radical (unpaired) electrons. The van der Waals surface area contributed by atoms with Crippen LogP contribution in [0.1, 0.15) is 0 Å². The lowest BCUT2D eigenvalue weighted by Gasteiger charge is -2.24. The van der Waals surface area contributed by atoms with E-state index < -0.39 is 0 Å². The van der Waals surface area contributed by atoms with Gasteiger partial charge in [-0.1, -0.05) is 0 Å². The van der Waals surface area contributed by atoms with Gasteiger partial charge in [-0.05, 0) is 50.8 Å². The Morgan fingerprint density at radius 2 is 1.25 bits per heavy atom. The molecule has 0 N–H and O–H groups in total. The zero-order chi connectivity index (χ0) is 6.73. The lowest BCUT2D eigenvalue weighted by Crippen LogP contribution is -2.34. The first-order valence-electron chi connectivity index (χ1n) is 2.52. The number of halogens is 1. The van der Waals surface area contributed by atoms with Gasteiger partial charge in [-0.25, -0.2) is 0 Å². The number of rotatable bonds is 2. The van der Waals surface area contributed by atoms with Gasteiger partial charge in [0.2, 0.25) is 0 Å². The highest BCUT2D eigenvalue weighted by molar-refractivity contribution is 14.1. The van der Waals surface area contributed by atoms with Crippen LogP contribution in [0.15, 0.2) is 0 Å². The molecule has 0 heterocycles. The molecule has 0 aromatic carbocycles. The maximum Gasteiger partial charge on any atom is 0.115 e. The van der Waals surface area contributed by atoms with Crippen LogP contribution in [0, 0.1) is 0 Å². The molecule has 0 atom stereocenters. The van der Waals surface area contributed by atoms with E-state index in [0.717, 1.165) is 0 Å². The first-order chi connectivity index (χ1) is 3.55. The van der Waals surface area contributed by atoms with Crippen molar-refractivity contribution in [1.29, 1.82) is 0 Å². The number of hydrogen-bond acceptors (Lipinski definition) is 2. The molecule has 0 aromatic heterocycles. The third-order valence-electron chi connectivity index (χ3n) is 0.852. The molecular formula is C5H13IN2. The summed E-state index contributed by atoms with van der Waals surface area (Å²) in [5.74, 6) is 0. The Morgan fingerprint density at radius 1 is 1.00 bits per heavy atom. The minimum atomic E-state index is 0.507. The average molecular weight is 228 g/mol. The summed E-state index contributed by atoms with van der Waals surface area (Å²) in [5, 5.41) is 0. The third kappa shape index (κ3) is 2.84. The average Bonchev–Trinajstić information content (AvgIpc) is 1.64. The van der Waals surface area contributed by atoms with Gasteiger partial charge in [0.25, 0.3) is 0 Å². The van der Waals surface area contributed by atoms with E-state index in [1.165, 1.54) is 0 Å². The van der Waals surface area contributed by atoms with Crippen LogP contribution in [-0.2, 0) is 0 Å². The minimum Gasteiger partial charge on any atom is -0.286 e. The van der Waals surface area contributed by atoms with Crippen LogP contribution in [0.4, 0.5) is 0 Å². The summed E-state index contributed by atoms with van der Waals surface area (Å²) in [5.41, 5.74) is 0. The van der Waals surface area contributed by atoms with Gasteiger partial charge < -0.3 is 0 Å². The standard InChI is InChI=1S/C5H13IN2/c1-7(2)5(6)8(3)4/h5H,1-4H3. The normalized spacial score (nSPS) is 12.0. The Hall–Kier alpha value is 0.650. The monoisotopic (exact) mass is 228 g/mol. The molecule has 0 aromatic rings. The molecule has 2 nitrogen and oxygen atoms in total. The Balaban J connectivity index is 3.46. The fourth-order valence-electron chi connectivity index (χ4n) is 0.462. The van der Waals surface area contributed by atoms with Gasteiger partial charge in [0.15, 0.2) is 0 Å². The Bertz CT molecular complexity index is 55.4. The largest absolute Gasteiger partial charge is 0.286 e. The smallest absolute Gasteiger partial charge is 0.115 e. The van der Waals surface area contributed by atoms with Crippen molar-refractivity contribution in [1.82, 2.24) is 9.80 Å². The maximum absolute atomic E-state index is 2.37. The fraction of sp³-hybridized carbons (Fsp3) is 1.00. The molecule has 0 unspecified atom stereocenters. The summed E-state index contributed by atoms with van der Waals surface area (Å²) in [7, 11) is 8.27. The van der Waals surface area contributed by atoms with Gasteiger partial charge in [0.05, 0.1) is 0 Å². The molecule has 50 valence electrons. The van der Waals surface area contributed by atoms with Crippen LogP contribution in [-0.4, -0.2) is 42.2 Å². The second-order valence-electron chi connectivity index (χ2n) is 2.24. The molecule has 0 aliphatic heterocycles. The number of hydrogen-bond donors (Lipinski definition) is 0. The van der Waals surface area contributed by atoms with E-state index in [-0.39, 0.29) is 0 Å². The predicted octanol–water partition coefficient (Wildman–Crippen LogP) is 0.828. The molecule has 0 saturated heterocycles. The van der Waals surface area contributed by atoms with E-state index in [1.54, 1.807) is 0 Å². The van der Waals surface area contributed by atoms with Crippen LogP contribution in [0.5, 0.6) is 0 Å². The third-order valence-corrected chi connectivity index (χ3v) is 3.08. The van der Waals surface area contributed by atoms with Gasteiger partial charge in [-0.3, -0.25) is 9.80 Å². The molecule has 0 saturated carbocycles. The van der Waals surface area contributed by atoms with Crippen molar-refractivity contribution < 1.29 is 0 Å². The van der Waals surface area contributed by atoms with Gasteiger partial charge in [-0.2, -0.15) is 0 Å². The van der Waals surface area contributed by atoms with E-state index >= 15 is 0 Å². The van der Waals surface area contributed by atoms with Gasteiger partial charge in [-0.15, -0.1) is 0 Å². The molecule has 0 aliphatic carbocycles. The summed E-state index contributed by atoms with van der Waals surface area (Å²) in [6, 6.07) is 0. The second kappa shape index (κ2) is 3.63. The lowest BCUT2D eigenvalue weighted by molar-refractivity contribution is 0.227. The van der Waals surface area contributed by atoms with Crippen LogP contribution in [0.3, 0.4) is 0 Å². The van der Waals surface area contributed by atoms with Gasteiger partial charge in [0, 0.05) is 0 Å². The van der Waals surface area contributed by atoms with Crippen LogP contribution < -0.4 is 0 Å². The predicted molar refractivity (Wildman–Crippen MR) is 45.2 cm³/mol. The number of alkyl halides is 1. The summed E-state index contributed by atoms with van der Waals surface area (Å²) in [6.07, 6.45) is 0. The second-order valence-corrected chi connectivity index (χ2v) is 3.35. The van der Waals surface area contributed by atoms with Crippen molar-refractivity contribution in [2.75, 3.05) is 28.2 Å². The van der Waals surface area contributed by atoms with E-state index in [1.807, 2.05) is 0 Å². The molecule has 0 amide bonds. The Morgan fingerprint density at radius 3 is 1.25 bits per heavy atom. The van der Waals surface area contributed by atoms with E-state index in [9.17, 15) is 0 Å². The zero-order valence-electron chi connectivity index (χ0n) is 5.85. The van der Waals surface area contributed by atoms with Crippen molar-refractivity contribution in [3.05, 3.63) is 0 Å². The van der Waals surface area contributed by atoms with E-state index in [2.05, 4.69) is 60.6 Å². The first-order valence-corrected chi connectivity index (χ1v) is 3.77. The van der Waals surface area contributed by atoms with Crippen molar-refractivity contribution in [2.24, 2.45) is 0 Å². The molecule has 0 spiro atoms. The highest BCUT2D eigenvalue weighted by atomic mass is 127. The molecular weight excluding hydrogens is 215 g/mol. The molecule has 3 heteroatoms. The van der Waals surface area contributed by atoms with Crippen molar-refractivity contribution in [3.63, 3.8) is 0 Å². The SMILES string of the molecule is CN(C)C(I)N(C)C. The topological polar surface area (TPSA) is 6.48 Å². The molecule has 0 aliphatic rings. The van der Waals surface area contributed by atoms with Crippen LogP contribution in [0.2, 0.25) is 0 Å². The quantitative estimate of drug-likeness (QED) is 0.299. The van der Waals surface area contributed by atoms with E-state index in [0.29, 0.717) is 4.17 Å². The van der Waals surface area contributed by atoms with Crippen LogP contribution in [0.25, 0.3) is 0 Å². The van der Waals surface area contributed by atoms with Crippen molar-refractivity contribution >= 4 is 22.6 Å². The summed E-state index contributed by atoms with van der Waals surface area (Å²) in [6.45, 7) is 0. The Labute approximate surface area is 65.0 Å². The molecule has 0 rings (SSSR count). The lowest BCUT2D eigenvalue weighted by atomic mass is 10.8. The van der Waals surface area contributed by atoms with E-state index in [4.69, 9.17) is 0 Å². The molecule has 0 bridgehead atoms. The summed E-state index contributed by atoms with van der Waals surface area (Å²) >= 11 is 2.37. The highest BCUT2D eigenvalue weighted by Gasteiger charge is 2.06. The maximum atomic E-state index is 2.37. The van der Waals surface area contributed by atoms with Gasteiger partial charge in [0.1, 0.15) is 4.17 Å². The minimum absolute atomic E-state index is 0.507. The Kier molecular flexibility index (Phi) is 3.93. The zero-order valence-corrected chi connectivity index (χ0v) is 8.01. The van der Waals surface area contributed by atoms with Crippen molar-refractivity contribution in [3.8, 4) is 0 Å². The van der Waals surface area contributed by atoms with Gasteiger partial charge >= 0.3 is 0 Å². The number of nitrogens with zero attached hydrogens (tertiary/aromatic N) is 2. The summed E-state index contributed by atoms with van der Waals surface area (Å²) < 4.78 is 0.507. The van der Waals surface area contributed by atoms with Crippen molar-refractivity contribution in [2.45, 2.75) is 4.17 Å². The molecule has 8 heavy (non-hydrogen) atoms. The summed E-state index contributed by atoms with van der Waals surface area (Å²) in [4.78, 5) is 4.31. The first kappa shape index (κ1) is 8.65. The molecule has 0 fully saturated rings. The fourth-order valence-corrected chi connectivity index (χ4v) is 0.462. The highest BCUT2D eigenvalue weighted by Crippen LogP contribution is 2.04.